The number of para-hydroxylation sites is 2. The van der Waals surface area contributed by atoms with Gasteiger partial charge in [0.2, 0.25) is 10.0 Å². The van der Waals surface area contributed by atoms with Gasteiger partial charge in [-0.25, -0.2) is 13.4 Å². The summed E-state index contributed by atoms with van der Waals surface area (Å²) in [4.78, 5) is 5.08. The van der Waals surface area contributed by atoms with E-state index in [-0.39, 0.29) is 5.92 Å². The molecule has 2 aromatic heterocycles. The summed E-state index contributed by atoms with van der Waals surface area (Å²) in [6.07, 6.45) is 1.76. The van der Waals surface area contributed by atoms with Gasteiger partial charge in [0.05, 0.1) is 22.4 Å². The van der Waals surface area contributed by atoms with Crippen molar-refractivity contribution in [2.45, 2.75) is 37.5 Å². The Morgan fingerprint density at radius 2 is 2.00 bits per heavy atom. The largest absolute Gasteiger partial charge is 0.331 e. The molecule has 4 rings (SSSR count). The van der Waals surface area contributed by atoms with Gasteiger partial charge in [0.15, 0.2) is 0 Å². The van der Waals surface area contributed by atoms with Gasteiger partial charge in [-0.15, -0.1) is 0 Å². The van der Waals surface area contributed by atoms with Crippen LogP contribution >= 0.6 is 0 Å². The highest BCUT2D eigenvalue weighted by molar-refractivity contribution is 7.89. The zero-order valence-electron chi connectivity index (χ0n) is 15.2. The van der Waals surface area contributed by atoms with Crippen LogP contribution in [0.3, 0.4) is 0 Å². The van der Waals surface area contributed by atoms with E-state index < -0.39 is 10.0 Å². The smallest absolute Gasteiger partial charge is 0.246 e. The fourth-order valence-electron chi connectivity index (χ4n) is 3.95. The van der Waals surface area contributed by atoms with E-state index >= 15 is 0 Å². The molecule has 1 N–H and O–H groups in total. The minimum atomic E-state index is -3.56. The summed E-state index contributed by atoms with van der Waals surface area (Å²) in [5.74, 6) is 1.04. The number of benzene rings is 1. The van der Waals surface area contributed by atoms with Crippen molar-refractivity contribution < 1.29 is 8.42 Å². The van der Waals surface area contributed by atoms with E-state index in [1.807, 2.05) is 31.3 Å². The number of piperidine rings is 1. The van der Waals surface area contributed by atoms with Crippen LogP contribution in [0.2, 0.25) is 0 Å². The first-order chi connectivity index (χ1) is 12.4. The zero-order valence-corrected chi connectivity index (χ0v) is 16.0. The fraction of sp³-hybridized carbons (Fsp3) is 0.444. The molecule has 0 spiro atoms. The van der Waals surface area contributed by atoms with Crippen LogP contribution in [0.1, 0.15) is 36.0 Å². The summed E-state index contributed by atoms with van der Waals surface area (Å²) in [7, 11) is -1.56. The molecule has 1 atom stereocenters. The number of sulfonamides is 1. The Morgan fingerprint density at radius 1 is 1.23 bits per heavy atom. The SMILES string of the molecule is Cc1n[nH]c(C)c1S(=O)(=O)N1CCC[C@H](c2nc3ccccc3n2C)C1. The quantitative estimate of drug-likeness (QED) is 0.764. The van der Waals surface area contributed by atoms with E-state index in [4.69, 9.17) is 4.98 Å². The van der Waals surface area contributed by atoms with Gasteiger partial charge in [-0.05, 0) is 38.8 Å². The molecule has 0 unspecified atom stereocenters. The lowest BCUT2D eigenvalue weighted by atomic mass is 9.99. The predicted molar refractivity (Wildman–Crippen MR) is 99.5 cm³/mol. The second kappa shape index (κ2) is 6.21. The number of H-pyrrole nitrogens is 1. The summed E-state index contributed by atoms with van der Waals surface area (Å²) in [5.41, 5.74) is 3.13. The molecule has 138 valence electrons. The number of aryl methyl sites for hydroxylation is 3. The molecule has 0 radical (unpaired) electrons. The van der Waals surface area contributed by atoms with Crippen LogP contribution in [0.5, 0.6) is 0 Å². The fourth-order valence-corrected chi connectivity index (χ4v) is 5.81. The number of nitrogens with zero attached hydrogens (tertiary/aromatic N) is 4. The number of nitrogens with one attached hydrogen (secondary N) is 1. The average Bonchev–Trinajstić information content (AvgIpc) is 3.15. The summed E-state index contributed by atoms with van der Waals surface area (Å²) < 4.78 is 30.0. The minimum absolute atomic E-state index is 0.0865. The van der Waals surface area contributed by atoms with Crippen molar-refractivity contribution in [2.75, 3.05) is 13.1 Å². The molecular weight excluding hydrogens is 350 g/mol. The molecule has 0 amide bonds. The molecule has 1 fully saturated rings. The number of hydrogen-bond acceptors (Lipinski definition) is 4. The van der Waals surface area contributed by atoms with E-state index in [9.17, 15) is 8.42 Å². The normalized spacial score (nSPS) is 19.3. The maximum atomic E-state index is 13.2. The lowest BCUT2D eigenvalue weighted by Gasteiger charge is -2.31. The molecule has 3 aromatic rings. The van der Waals surface area contributed by atoms with E-state index in [1.165, 1.54) is 0 Å². The summed E-state index contributed by atoms with van der Waals surface area (Å²) in [6.45, 7) is 4.46. The Bertz CT molecular complexity index is 1050. The van der Waals surface area contributed by atoms with Crippen LogP contribution in [0.15, 0.2) is 29.2 Å². The number of aromatic amines is 1. The van der Waals surface area contributed by atoms with Gasteiger partial charge in [-0.1, -0.05) is 12.1 Å². The monoisotopic (exact) mass is 373 g/mol. The third-order valence-corrected chi connectivity index (χ3v) is 7.36. The lowest BCUT2D eigenvalue weighted by Crippen LogP contribution is -2.40. The van der Waals surface area contributed by atoms with Gasteiger partial charge in [-0.3, -0.25) is 5.10 Å². The second-order valence-corrected chi connectivity index (χ2v) is 8.86. The molecule has 1 aliphatic heterocycles. The highest BCUT2D eigenvalue weighted by atomic mass is 32.2. The first-order valence-electron chi connectivity index (χ1n) is 8.82. The summed E-state index contributed by atoms with van der Waals surface area (Å²) >= 11 is 0. The average molecular weight is 373 g/mol. The third kappa shape index (κ3) is 2.64. The Labute approximate surface area is 153 Å². The van der Waals surface area contributed by atoms with Crippen molar-refractivity contribution in [3.05, 3.63) is 41.5 Å². The Balaban J connectivity index is 1.68. The van der Waals surface area contributed by atoms with Crippen molar-refractivity contribution >= 4 is 21.1 Å². The molecule has 1 aliphatic rings. The van der Waals surface area contributed by atoms with Crippen molar-refractivity contribution in [3.8, 4) is 0 Å². The van der Waals surface area contributed by atoms with E-state index in [0.717, 1.165) is 29.7 Å². The molecule has 8 heteroatoms. The minimum Gasteiger partial charge on any atom is -0.331 e. The Kier molecular flexibility index (Phi) is 4.11. The number of hydrogen-bond donors (Lipinski definition) is 1. The van der Waals surface area contributed by atoms with Crippen molar-refractivity contribution in [2.24, 2.45) is 7.05 Å². The van der Waals surface area contributed by atoms with Crippen molar-refractivity contribution in [1.82, 2.24) is 24.1 Å². The van der Waals surface area contributed by atoms with Gasteiger partial charge in [-0.2, -0.15) is 9.40 Å². The predicted octanol–water partition coefficient (Wildman–Crippen LogP) is 2.48. The van der Waals surface area contributed by atoms with Crippen molar-refractivity contribution in [1.29, 1.82) is 0 Å². The third-order valence-electron chi connectivity index (χ3n) is 5.23. The van der Waals surface area contributed by atoms with E-state index in [1.54, 1.807) is 18.2 Å². The van der Waals surface area contributed by atoms with Crippen LogP contribution in [-0.2, 0) is 17.1 Å². The molecule has 7 nitrogen and oxygen atoms in total. The van der Waals surface area contributed by atoms with Gasteiger partial charge in [0, 0.05) is 26.1 Å². The summed E-state index contributed by atoms with van der Waals surface area (Å²) in [5, 5.41) is 6.83. The van der Waals surface area contributed by atoms with Crippen LogP contribution in [0.4, 0.5) is 0 Å². The van der Waals surface area contributed by atoms with Crippen LogP contribution in [0.25, 0.3) is 11.0 Å². The first kappa shape index (κ1) is 17.2. The first-order valence-corrected chi connectivity index (χ1v) is 10.3. The van der Waals surface area contributed by atoms with Crippen LogP contribution < -0.4 is 0 Å². The topological polar surface area (TPSA) is 83.9 Å². The molecule has 26 heavy (non-hydrogen) atoms. The van der Waals surface area contributed by atoms with Gasteiger partial charge >= 0.3 is 0 Å². The molecular formula is C18H23N5O2S. The molecule has 1 saturated heterocycles. The lowest BCUT2D eigenvalue weighted by molar-refractivity contribution is 0.306. The van der Waals surface area contributed by atoms with Crippen LogP contribution in [-0.4, -0.2) is 45.6 Å². The van der Waals surface area contributed by atoms with Gasteiger partial charge < -0.3 is 4.57 Å². The van der Waals surface area contributed by atoms with Crippen molar-refractivity contribution in [3.63, 3.8) is 0 Å². The number of rotatable bonds is 3. The molecule has 3 heterocycles. The Morgan fingerprint density at radius 3 is 2.69 bits per heavy atom. The number of aromatic nitrogens is 4. The van der Waals surface area contributed by atoms with Gasteiger partial charge in [0.1, 0.15) is 10.7 Å². The highest BCUT2D eigenvalue weighted by Gasteiger charge is 2.35. The van der Waals surface area contributed by atoms with E-state index in [2.05, 4.69) is 14.8 Å². The van der Waals surface area contributed by atoms with Gasteiger partial charge in [0.25, 0.3) is 0 Å². The maximum absolute atomic E-state index is 13.2. The zero-order chi connectivity index (χ0) is 18.5. The highest BCUT2D eigenvalue weighted by Crippen LogP contribution is 2.32. The number of fused-ring (bicyclic) bond motifs is 1. The summed E-state index contributed by atoms with van der Waals surface area (Å²) in [6, 6.07) is 8.01. The standard InChI is InChI=1S/C18H23N5O2S/c1-12-17(13(2)21-20-12)26(24,25)23-10-6-7-14(11-23)18-19-15-8-4-5-9-16(15)22(18)3/h4-5,8-9,14H,6-7,10-11H2,1-3H3,(H,20,21)/t14-/m0/s1. The Hall–Kier alpha value is -2.19. The molecule has 0 saturated carbocycles. The molecule has 0 bridgehead atoms. The van der Waals surface area contributed by atoms with E-state index in [0.29, 0.717) is 29.4 Å². The maximum Gasteiger partial charge on any atom is 0.246 e. The number of imidazole rings is 1. The second-order valence-electron chi connectivity index (χ2n) is 6.98. The molecule has 0 aliphatic carbocycles. The molecule has 1 aromatic carbocycles. The van der Waals surface area contributed by atoms with Crippen LogP contribution in [0, 0.1) is 13.8 Å².